The van der Waals surface area contributed by atoms with E-state index in [9.17, 15) is 19.5 Å². The highest BCUT2D eigenvalue weighted by Crippen LogP contribution is 2.57. The number of hydrogen-bond acceptors (Lipinski definition) is 4. The summed E-state index contributed by atoms with van der Waals surface area (Å²) in [6.07, 6.45) is 3.61. The Morgan fingerprint density at radius 2 is 1.67 bits per heavy atom. The summed E-state index contributed by atoms with van der Waals surface area (Å²) in [5.41, 5.74) is 7.45. The SMILES string of the molecule is CCCCOc1ccc(C(=O)NNC(=O)[C@@H]2[C@@H](C(=O)O)[C@@H]3CC[C@@H]2C3=C(C)C)cc1. The van der Waals surface area contributed by atoms with Crippen molar-refractivity contribution in [3.05, 3.63) is 41.0 Å². The van der Waals surface area contributed by atoms with Crippen LogP contribution in [0, 0.1) is 23.7 Å². The fourth-order valence-electron chi connectivity index (χ4n) is 4.92. The molecule has 2 saturated carbocycles. The lowest BCUT2D eigenvalue weighted by Gasteiger charge is -2.26. The Hall–Kier alpha value is -2.83. The number of allylic oxidation sites excluding steroid dienone is 2. The normalized spacial score (nSPS) is 24.4. The predicted molar refractivity (Wildman–Crippen MR) is 112 cm³/mol. The molecule has 2 bridgehead atoms. The Kier molecular flexibility index (Phi) is 6.80. The molecule has 2 amide bonds. The van der Waals surface area contributed by atoms with Crippen LogP contribution in [0.3, 0.4) is 0 Å². The van der Waals surface area contributed by atoms with Gasteiger partial charge in [0.05, 0.1) is 18.4 Å². The van der Waals surface area contributed by atoms with Gasteiger partial charge in [-0.25, -0.2) is 0 Å². The van der Waals surface area contributed by atoms with E-state index < -0.39 is 29.6 Å². The van der Waals surface area contributed by atoms with E-state index in [2.05, 4.69) is 17.8 Å². The summed E-state index contributed by atoms with van der Waals surface area (Å²) in [6, 6.07) is 6.68. The Balaban J connectivity index is 1.61. The summed E-state index contributed by atoms with van der Waals surface area (Å²) >= 11 is 0. The van der Waals surface area contributed by atoms with E-state index in [1.54, 1.807) is 24.3 Å². The van der Waals surface area contributed by atoms with Gasteiger partial charge in [0.25, 0.3) is 5.91 Å². The molecule has 0 aromatic heterocycles. The number of carboxylic acids is 1. The van der Waals surface area contributed by atoms with Crippen molar-refractivity contribution in [3.8, 4) is 5.75 Å². The number of fused-ring (bicyclic) bond motifs is 2. The number of hydrazine groups is 1. The number of nitrogens with one attached hydrogen (secondary N) is 2. The molecule has 7 nitrogen and oxygen atoms in total. The van der Waals surface area contributed by atoms with E-state index in [0.717, 1.165) is 36.8 Å². The predicted octanol–water partition coefficient (Wildman–Crippen LogP) is 3.32. The molecule has 7 heteroatoms. The highest BCUT2D eigenvalue weighted by molar-refractivity contribution is 5.96. The van der Waals surface area contributed by atoms with Crippen molar-refractivity contribution in [1.29, 1.82) is 0 Å². The second kappa shape index (κ2) is 9.32. The molecule has 3 rings (SSSR count). The summed E-state index contributed by atoms with van der Waals surface area (Å²) in [4.78, 5) is 37.1. The molecule has 4 atom stereocenters. The number of rotatable bonds is 7. The van der Waals surface area contributed by atoms with Gasteiger partial charge >= 0.3 is 5.97 Å². The Bertz CT molecular complexity index is 842. The number of benzene rings is 1. The molecule has 0 unspecified atom stereocenters. The summed E-state index contributed by atoms with van der Waals surface area (Å²) in [5.74, 6) is -2.74. The molecule has 0 aliphatic heterocycles. The van der Waals surface area contributed by atoms with E-state index in [1.165, 1.54) is 0 Å². The lowest BCUT2D eigenvalue weighted by atomic mass is 9.79. The average Bonchev–Trinajstić information content (AvgIpc) is 3.29. The number of aliphatic carboxylic acids is 1. The summed E-state index contributed by atoms with van der Waals surface area (Å²) in [6.45, 7) is 6.65. The van der Waals surface area contributed by atoms with Crippen molar-refractivity contribution < 1.29 is 24.2 Å². The first kappa shape index (κ1) is 21.9. The van der Waals surface area contributed by atoms with Crippen LogP contribution >= 0.6 is 0 Å². The number of carbonyl (C=O) groups is 3. The molecule has 0 spiro atoms. The van der Waals surface area contributed by atoms with E-state index in [0.29, 0.717) is 17.9 Å². The largest absolute Gasteiger partial charge is 0.494 e. The third kappa shape index (κ3) is 4.35. The summed E-state index contributed by atoms with van der Waals surface area (Å²) < 4.78 is 5.58. The molecule has 2 fully saturated rings. The van der Waals surface area contributed by atoms with E-state index in [-0.39, 0.29) is 11.8 Å². The molecular formula is C23H30N2O5. The monoisotopic (exact) mass is 414 g/mol. The maximum Gasteiger partial charge on any atom is 0.307 e. The van der Waals surface area contributed by atoms with Crippen molar-refractivity contribution >= 4 is 17.8 Å². The molecule has 3 N–H and O–H groups in total. The molecule has 0 heterocycles. The Morgan fingerprint density at radius 1 is 1.03 bits per heavy atom. The minimum atomic E-state index is -0.953. The Labute approximate surface area is 176 Å². The smallest absolute Gasteiger partial charge is 0.307 e. The second-order valence-electron chi connectivity index (χ2n) is 8.31. The number of carbonyl (C=O) groups excluding carboxylic acids is 2. The number of carboxylic acid groups (broad SMARTS) is 1. The first-order valence-electron chi connectivity index (χ1n) is 10.6. The van der Waals surface area contributed by atoms with Gasteiger partial charge in [-0.05, 0) is 69.2 Å². The molecule has 2 aliphatic rings. The fourth-order valence-corrected chi connectivity index (χ4v) is 4.92. The molecule has 1 aromatic carbocycles. The molecule has 2 aliphatic carbocycles. The van der Waals surface area contributed by atoms with Crippen molar-refractivity contribution in [2.24, 2.45) is 23.7 Å². The fraction of sp³-hybridized carbons (Fsp3) is 0.522. The lowest BCUT2D eigenvalue weighted by Crippen LogP contribution is -2.48. The van der Waals surface area contributed by atoms with E-state index in [1.807, 2.05) is 13.8 Å². The van der Waals surface area contributed by atoms with Crippen LogP contribution < -0.4 is 15.6 Å². The van der Waals surface area contributed by atoms with Crippen LogP contribution in [0.4, 0.5) is 0 Å². The average molecular weight is 415 g/mol. The zero-order chi connectivity index (χ0) is 21.8. The summed E-state index contributed by atoms with van der Waals surface area (Å²) in [5, 5.41) is 9.71. The van der Waals surface area contributed by atoms with Gasteiger partial charge in [0, 0.05) is 5.56 Å². The van der Waals surface area contributed by atoms with Crippen LogP contribution in [0.2, 0.25) is 0 Å². The lowest BCUT2D eigenvalue weighted by molar-refractivity contribution is -0.149. The zero-order valence-corrected chi connectivity index (χ0v) is 17.7. The van der Waals surface area contributed by atoms with Crippen LogP contribution in [0.1, 0.15) is 56.8 Å². The van der Waals surface area contributed by atoms with Gasteiger partial charge in [-0.1, -0.05) is 24.5 Å². The molecule has 0 saturated heterocycles. The second-order valence-corrected chi connectivity index (χ2v) is 8.31. The highest BCUT2D eigenvalue weighted by atomic mass is 16.5. The zero-order valence-electron chi connectivity index (χ0n) is 17.7. The van der Waals surface area contributed by atoms with Crippen molar-refractivity contribution in [1.82, 2.24) is 10.9 Å². The maximum absolute atomic E-state index is 12.8. The van der Waals surface area contributed by atoms with Gasteiger partial charge in [-0.3, -0.25) is 25.2 Å². The quantitative estimate of drug-likeness (QED) is 0.361. The topological polar surface area (TPSA) is 105 Å². The van der Waals surface area contributed by atoms with Gasteiger partial charge in [-0.2, -0.15) is 0 Å². The Morgan fingerprint density at radius 3 is 2.23 bits per heavy atom. The summed E-state index contributed by atoms with van der Waals surface area (Å²) in [7, 11) is 0. The van der Waals surface area contributed by atoms with Crippen LogP contribution in [0.5, 0.6) is 5.75 Å². The van der Waals surface area contributed by atoms with Crippen LogP contribution in [0.25, 0.3) is 0 Å². The standard InChI is InChI=1S/C23H30N2O5/c1-4-5-12-30-15-8-6-14(7-9-15)21(26)24-25-22(27)19-16-10-11-17(18(16)13(2)3)20(19)23(28)29/h6-9,16-17,19-20H,4-5,10-12H2,1-3H3,(H,24,26)(H,25,27)(H,28,29)/t16-,17-,19+,20+/m1/s1. The van der Waals surface area contributed by atoms with Crippen LogP contribution in [0.15, 0.2) is 35.4 Å². The third-order valence-electron chi connectivity index (χ3n) is 6.19. The maximum atomic E-state index is 12.8. The highest BCUT2D eigenvalue weighted by Gasteiger charge is 2.57. The number of hydrogen-bond donors (Lipinski definition) is 3. The third-order valence-corrected chi connectivity index (χ3v) is 6.19. The molecule has 0 radical (unpaired) electrons. The van der Waals surface area contributed by atoms with Gasteiger partial charge in [0.1, 0.15) is 5.75 Å². The molecule has 162 valence electrons. The van der Waals surface area contributed by atoms with Crippen LogP contribution in [-0.2, 0) is 9.59 Å². The van der Waals surface area contributed by atoms with E-state index in [4.69, 9.17) is 4.74 Å². The van der Waals surface area contributed by atoms with Gasteiger partial charge < -0.3 is 9.84 Å². The first-order chi connectivity index (χ1) is 14.3. The van der Waals surface area contributed by atoms with E-state index >= 15 is 0 Å². The van der Waals surface area contributed by atoms with Crippen molar-refractivity contribution in [3.63, 3.8) is 0 Å². The van der Waals surface area contributed by atoms with Gasteiger partial charge in [0.2, 0.25) is 5.91 Å². The number of unbranched alkanes of at least 4 members (excludes halogenated alkanes) is 1. The molecule has 30 heavy (non-hydrogen) atoms. The minimum absolute atomic E-state index is 0.0717. The number of ether oxygens (including phenoxy) is 1. The van der Waals surface area contributed by atoms with Gasteiger partial charge in [0.15, 0.2) is 0 Å². The number of amides is 2. The molecule has 1 aromatic rings. The van der Waals surface area contributed by atoms with Crippen LogP contribution in [-0.4, -0.2) is 29.5 Å². The van der Waals surface area contributed by atoms with Crippen molar-refractivity contribution in [2.45, 2.75) is 46.5 Å². The molecular weight excluding hydrogens is 384 g/mol. The first-order valence-corrected chi connectivity index (χ1v) is 10.6. The van der Waals surface area contributed by atoms with Gasteiger partial charge in [-0.15, -0.1) is 0 Å². The van der Waals surface area contributed by atoms with Crippen molar-refractivity contribution in [2.75, 3.05) is 6.61 Å². The minimum Gasteiger partial charge on any atom is -0.494 e.